The van der Waals surface area contributed by atoms with E-state index in [1.807, 2.05) is 36.4 Å². The molecule has 1 unspecified atom stereocenters. The third kappa shape index (κ3) is 6.32. The van der Waals surface area contributed by atoms with E-state index < -0.39 is 24.1 Å². The summed E-state index contributed by atoms with van der Waals surface area (Å²) in [5.41, 5.74) is 2.91. The van der Waals surface area contributed by atoms with E-state index in [1.165, 1.54) is 4.90 Å². The Kier molecular flexibility index (Phi) is 7.86. The first-order chi connectivity index (χ1) is 17.7. The number of nitrogens with zero attached hydrogens (tertiary/aromatic N) is 1. The highest BCUT2D eigenvalue weighted by Crippen LogP contribution is 2.28. The minimum atomic E-state index is -0.840. The van der Waals surface area contributed by atoms with Crippen LogP contribution in [-0.2, 0) is 38.6 Å². The smallest absolute Gasteiger partial charge is 0.408 e. The van der Waals surface area contributed by atoms with Crippen LogP contribution in [0.1, 0.15) is 53.7 Å². The average Bonchev–Trinajstić information content (AvgIpc) is 3.17. The SMILES string of the molecule is CC(C)OC(=O)N[C@@H](Cc1ccccc1)C(=O)NCc1ccc2c(c1)CN(C1CCC(=O)NC1=O)C2=O. The van der Waals surface area contributed by atoms with Gasteiger partial charge in [0.25, 0.3) is 5.91 Å². The fourth-order valence-corrected chi connectivity index (χ4v) is 4.50. The number of benzene rings is 2. The van der Waals surface area contributed by atoms with Gasteiger partial charge < -0.3 is 20.3 Å². The molecule has 10 nitrogen and oxygen atoms in total. The van der Waals surface area contributed by atoms with Crippen molar-refractivity contribution in [2.45, 2.75) is 64.4 Å². The van der Waals surface area contributed by atoms with Gasteiger partial charge in [0.2, 0.25) is 17.7 Å². The van der Waals surface area contributed by atoms with Gasteiger partial charge >= 0.3 is 6.09 Å². The van der Waals surface area contributed by atoms with Crippen molar-refractivity contribution < 1.29 is 28.7 Å². The Morgan fingerprint density at radius 1 is 1.08 bits per heavy atom. The van der Waals surface area contributed by atoms with Gasteiger partial charge in [-0.3, -0.25) is 24.5 Å². The minimum Gasteiger partial charge on any atom is -0.447 e. The van der Waals surface area contributed by atoms with Crippen molar-refractivity contribution in [1.82, 2.24) is 20.9 Å². The molecule has 0 bridgehead atoms. The molecule has 10 heteroatoms. The first-order valence-corrected chi connectivity index (χ1v) is 12.3. The standard InChI is InChI=1S/C27H30N4O6/c1-16(2)37-27(36)29-21(13-17-6-4-3-5-7-17)24(33)28-14-18-8-9-20-19(12-18)15-31(26(20)35)22-10-11-23(32)30-25(22)34/h3-9,12,16,21-22H,10-11,13-15H2,1-2H3,(H,28,33)(H,29,36)(H,30,32,34)/t21-,22?/m0/s1. The lowest BCUT2D eigenvalue weighted by atomic mass is 10.0. The van der Waals surface area contributed by atoms with Crippen molar-refractivity contribution in [3.8, 4) is 0 Å². The largest absolute Gasteiger partial charge is 0.447 e. The van der Waals surface area contributed by atoms with Gasteiger partial charge in [0.15, 0.2) is 0 Å². The lowest BCUT2D eigenvalue weighted by Crippen LogP contribution is -2.52. The second-order valence-electron chi connectivity index (χ2n) is 9.45. The van der Waals surface area contributed by atoms with Crippen molar-refractivity contribution in [2.24, 2.45) is 0 Å². The molecule has 1 saturated heterocycles. The number of ether oxygens (including phenoxy) is 1. The van der Waals surface area contributed by atoms with Crippen LogP contribution in [0.3, 0.4) is 0 Å². The van der Waals surface area contributed by atoms with E-state index in [2.05, 4.69) is 16.0 Å². The van der Waals surface area contributed by atoms with Crippen molar-refractivity contribution in [3.05, 3.63) is 70.8 Å². The number of carbonyl (C=O) groups excluding carboxylic acids is 5. The first kappa shape index (κ1) is 25.9. The van der Waals surface area contributed by atoms with E-state index in [0.717, 1.165) is 16.7 Å². The monoisotopic (exact) mass is 506 g/mol. The predicted molar refractivity (Wildman–Crippen MR) is 133 cm³/mol. The van der Waals surface area contributed by atoms with Crippen LogP contribution in [-0.4, -0.2) is 52.8 Å². The number of piperidine rings is 1. The molecule has 3 N–H and O–H groups in total. The molecule has 194 valence electrons. The summed E-state index contributed by atoms with van der Waals surface area (Å²) in [5, 5.41) is 7.79. The summed E-state index contributed by atoms with van der Waals surface area (Å²) in [7, 11) is 0. The molecule has 2 atom stereocenters. The second kappa shape index (κ2) is 11.2. The van der Waals surface area contributed by atoms with E-state index in [9.17, 15) is 24.0 Å². The number of carbonyl (C=O) groups is 5. The van der Waals surface area contributed by atoms with Crippen LogP contribution in [0.4, 0.5) is 4.79 Å². The summed E-state index contributed by atoms with van der Waals surface area (Å²) in [6.07, 6.45) is -0.219. The van der Waals surface area contributed by atoms with Gasteiger partial charge in [-0.1, -0.05) is 42.5 Å². The maximum Gasteiger partial charge on any atom is 0.408 e. The Morgan fingerprint density at radius 2 is 1.84 bits per heavy atom. The first-order valence-electron chi connectivity index (χ1n) is 12.3. The van der Waals surface area contributed by atoms with E-state index in [0.29, 0.717) is 18.4 Å². The molecule has 37 heavy (non-hydrogen) atoms. The van der Waals surface area contributed by atoms with Crippen molar-refractivity contribution in [1.29, 1.82) is 0 Å². The van der Waals surface area contributed by atoms with Crippen LogP contribution >= 0.6 is 0 Å². The Hall–Kier alpha value is -4.21. The number of imide groups is 1. The molecule has 2 aromatic rings. The predicted octanol–water partition coefficient (Wildman–Crippen LogP) is 1.81. The zero-order valence-electron chi connectivity index (χ0n) is 20.8. The summed E-state index contributed by atoms with van der Waals surface area (Å²) < 4.78 is 5.15. The molecule has 2 aliphatic heterocycles. The lowest BCUT2D eigenvalue weighted by molar-refractivity contribution is -0.137. The number of nitrogens with one attached hydrogen (secondary N) is 3. The van der Waals surface area contributed by atoms with Crippen molar-refractivity contribution >= 4 is 29.7 Å². The van der Waals surface area contributed by atoms with Gasteiger partial charge in [-0.15, -0.1) is 0 Å². The zero-order valence-corrected chi connectivity index (χ0v) is 20.8. The number of alkyl carbamates (subject to hydrolysis) is 1. The molecule has 4 rings (SSSR count). The molecule has 0 aliphatic carbocycles. The third-order valence-corrected chi connectivity index (χ3v) is 6.29. The highest BCUT2D eigenvalue weighted by molar-refractivity contribution is 6.05. The zero-order chi connectivity index (χ0) is 26.5. The van der Waals surface area contributed by atoms with Gasteiger partial charge in [0.1, 0.15) is 12.1 Å². The number of hydrogen-bond acceptors (Lipinski definition) is 6. The molecule has 0 saturated carbocycles. The summed E-state index contributed by atoms with van der Waals surface area (Å²) in [6, 6.07) is 13.1. The molecule has 5 amide bonds. The normalized spacial score (nSPS) is 17.8. The molecular formula is C27H30N4O6. The van der Waals surface area contributed by atoms with Gasteiger partial charge in [-0.05, 0) is 43.0 Å². The van der Waals surface area contributed by atoms with Crippen molar-refractivity contribution in [2.75, 3.05) is 0 Å². The number of amides is 5. The van der Waals surface area contributed by atoms with Crippen LogP contribution < -0.4 is 16.0 Å². The average molecular weight is 507 g/mol. The fraction of sp³-hybridized carbons (Fsp3) is 0.370. The molecule has 2 heterocycles. The quantitative estimate of drug-likeness (QED) is 0.468. The van der Waals surface area contributed by atoms with Crippen LogP contribution in [0.15, 0.2) is 48.5 Å². The van der Waals surface area contributed by atoms with E-state index >= 15 is 0 Å². The molecule has 0 radical (unpaired) electrons. The summed E-state index contributed by atoms with van der Waals surface area (Å²) >= 11 is 0. The van der Waals surface area contributed by atoms with Crippen LogP contribution in [0.25, 0.3) is 0 Å². The Bertz CT molecular complexity index is 1210. The minimum absolute atomic E-state index is 0.185. The summed E-state index contributed by atoms with van der Waals surface area (Å²) in [5.74, 6) is -1.42. The third-order valence-electron chi connectivity index (χ3n) is 6.29. The number of hydrogen-bond donors (Lipinski definition) is 3. The lowest BCUT2D eigenvalue weighted by Gasteiger charge is -2.29. The highest BCUT2D eigenvalue weighted by Gasteiger charge is 2.39. The molecular weight excluding hydrogens is 476 g/mol. The van der Waals surface area contributed by atoms with E-state index in [1.54, 1.807) is 26.0 Å². The van der Waals surface area contributed by atoms with Crippen molar-refractivity contribution in [3.63, 3.8) is 0 Å². The molecule has 1 fully saturated rings. The number of rotatable bonds is 8. The maximum atomic E-state index is 13.0. The molecule has 2 aliphatic rings. The van der Waals surface area contributed by atoms with Gasteiger partial charge in [-0.2, -0.15) is 0 Å². The van der Waals surface area contributed by atoms with Crippen LogP contribution in [0.2, 0.25) is 0 Å². The Morgan fingerprint density at radius 3 is 2.54 bits per heavy atom. The Balaban J connectivity index is 1.41. The highest BCUT2D eigenvalue weighted by atomic mass is 16.6. The molecule has 0 spiro atoms. The van der Waals surface area contributed by atoms with Gasteiger partial charge in [0, 0.05) is 31.5 Å². The molecule has 0 aromatic heterocycles. The van der Waals surface area contributed by atoms with Gasteiger partial charge in [0.05, 0.1) is 6.10 Å². The van der Waals surface area contributed by atoms with E-state index in [4.69, 9.17) is 4.74 Å². The summed E-state index contributed by atoms with van der Waals surface area (Å²) in [6.45, 7) is 3.89. The van der Waals surface area contributed by atoms with Crippen LogP contribution in [0, 0.1) is 0 Å². The topological polar surface area (TPSA) is 134 Å². The van der Waals surface area contributed by atoms with E-state index in [-0.39, 0.29) is 43.3 Å². The Labute approximate surface area is 214 Å². The maximum absolute atomic E-state index is 13.0. The van der Waals surface area contributed by atoms with Crippen LogP contribution in [0.5, 0.6) is 0 Å². The number of fused-ring (bicyclic) bond motifs is 1. The molecule has 2 aromatic carbocycles. The fourth-order valence-electron chi connectivity index (χ4n) is 4.50. The van der Waals surface area contributed by atoms with Gasteiger partial charge in [-0.25, -0.2) is 4.79 Å². The second-order valence-corrected chi connectivity index (χ2v) is 9.45. The summed E-state index contributed by atoms with van der Waals surface area (Å²) in [4.78, 5) is 63.3.